The van der Waals surface area contributed by atoms with Gasteiger partial charge in [0.25, 0.3) is 0 Å². The van der Waals surface area contributed by atoms with Crippen molar-refractivity contribution in [2.75, 3.05) is 13.1 Å². The van der Waals surface area contributed by atoms with Crippen LogP contribution in [0.2, 0.25) is 0 Å². The number of unbranched alkanes of at least 4 members (excludes halogenated alkanes) is 31. The van der Waals surface area contributed by atoms with Crippen LogP contribution in [0.5, 0.6) is 0 Å². The predicted molar refractivity (Wildman–Crippen MR) is 261 cm³/mol. The summed E-state index contributed by atoms with van der Waals surface area (Å²) in [5.74, 6) is -2.97. The lowest BCUT2D eigenvalue weighted by atomic mass is 10.0. The third kappa shape index (κ3) is 48.5. The van der Waals surface area contributed by atoms with E-state index in [4.69, 9.17) is 21.1 Å². The molecule has 1 unspecified atom stereocenters. The molecule has 0 rings (SSSR count). The van der Waals surface area contributed by atoms with Crippen molar-refractivity contribution in [3.8, 4) is 0 Å². The summed E-state index contributed by atoms with van der Waals surface area (Å²) in [6.45, 7) is -0.248. The van der Waals surface area contributed by atoms with Crippen LogP contribution in [0.25, 0.3) is 0 Å². The second-order valence-electron chi connectivity index (χ2n) is 17.3. The molecule has 0 aliphatic heterocycles. The van der Waals surface area contributed by atoms with Gasteiger partial charge in [-0.3, -0.25) is 14.4 Å². The van der Waals surface area contributed by atoms with Gasteiger partial charge in [0.2, 0.25) is 0 Å². The largest absolute Gasteiger partial charge is 0.462 e. The van der Waals surface area contributed by atoms with Crippen molar-refractivity contribution < 1.29 is 35.4 Å². The van der Waals surface area contributed by atoms with Crippen molar-refractivity contribution >= 4 is 17.9 Å². The lowest BCUT2D eigenvalue weighted by molar-refractivity contribution is -0.167. The molecule has 0 N–H and O–H groups in total. The average Bonchev–Trinajstić information content (AvgIpc) is 3.27. The molecule has 0 amide bonds. The number of carbonyl (C=O) groups is 3. The summed E-state index contributed by atoms with van der Waals surface area (Å²) in [6.07, 6.45) is 48.7. The van der Waals surface area contributed by atoms with Crippen LogP contribution in [0.4, 0.5) is 0 Å². The molecule has 0 aromatic rings. The zero-order chi connectivity index (χ0) is 48.9. The zero-order valence-corrected chi connectivity index (χ0v) is 40.2. The summed E-state index contributed by atoms with van der Waals surface area (Å²) < 4.78 is 58.8. The molecular formula is C55H100O6. The monoisotopic (exact) mass is 862 g/mol. The van der Waals surface area contributed by atoms with Crippen LogP contribution in [-0.4, -0.2) is 37.1 Å². The van der Waals surface area contributed by atoms with Gasteiger partial charge >= 0.3 is 17.9 Å². The van der Waals surface area contributed by atoms with E-state index in [1.807, 2.05) is 0 Å². The van der Waals surface area contributed by atoms with Crippen LogP contribution in [0.3, 0.4) is 0 Å². The van der Waals surface area contributed by atoms with E-state index in [1.54, 1.807) is 0 Å². The second kappa shape index (κ2) is 50.3. The molecule has 6 heteroatoms. The van der Waals surface area contributed by atoms with Gasteiger partial charge in [0, 0.05) is 19.3 Å². The smallest absolute Gasteiger partial charge is 0.306 e. The molecule has 356 valence electrons. The number of carbonyl (C=O) groups excluding carboxylic acids is 3. The third-order valence-corrected chi connectivity index (χ3v) is 11.2. The maximum atomic E-state index is 13.1. The highest BCUT2D eigenvalue weighted by molar-refractivity contribution is 5.71. The summed E-state index contributed by atoms with van der Waals surface area (Å²) in [5, 5.41) is 0. The van der Waals surface area contributed by atoms with E-state index in [0.717, 1.165) is 109 Å². The summed E-state index contributed by atoms with van der Waals surface area (Å²) >= 11 is 0. The highest BCUT2D eigenvalue weighted by atomic mass is 16.6. The first kappa shape index (κ1) is 49.6. The SMILES string of the molecule is [2H]C([2H])(OC(=O)CCCCCCCC/C=C/CCCCCCC)C([2H])(OC(=O)CCCCCCC/C=C/C/C=C/CCCCC)C([2H])([2H])OC(=O)CCCCCCCCCCCCCCC. The first-order chi connectivity index (χ1) is 31.9. The van der Waals surface area contributed by atoms with Crippen molar-refractivity contribution in [1.29, 1.82) is 0 Å². The Kier molecular flexibility index (Phi) is 40.9. The summed E-state index contributed by atoms with van der Waals surface area (Å²) in [5.41, 5.74) is 0. The average molecular weight is 862 g/mol. The molecule has 0 saturated heterocycles. The fourth-order valence-corrected chi connectivity index (χ4v) is 7.24. The van der Waals surface area contributed by atoms with Gasteiger partial charge in [-0.1, -0.05) is 218 Å². The molecule has 0 fully saturated rings. The minimum Gasteiger partial charge on any atom is -0.462 e. The van der Waals surface area contributed by atoms with Crippen LogP contribution >= 0.6 is 0 Å². The van der Waals surface area contributed by atoms with Crippen molar-refractivity contribution in [3.63, 3.8) is 0 Å². The fourth-order valence-electron chi connectivity index (χ4n) is 7.24. The number of hydrogen-bond donors (Lipinski definition) is 0. The number of hydrogen-bond acceptors (Lipinski definition) is 6. The van der Waals surface area contributed by atoms with Gasteiger partial charge in [-0.2, -0.15) is 0 Å². The molecule has 0 aromatic heterocycles. The van der Waals surface area contributed by atoms with E-state index in [0.29, 0.717) is 25.7 Å². The Morgan fingerprint density at radius 1 is 0.377 bits per heavy atom. The summed E-state index contributed by atoms with van der Waals surface area (Å²) in [4.78, 5) is 39.0. The van der Waals surface area contributed by atoms with Crippen LogP contribution in [0.1, 0.15) is 284 Å². The summed E-state index contributed by atoms with van der Waals surface area (Å²) in [7, 11) is 0. The number of allylic oxidation sites excluding steroid dienone is 6. The number of esters is 3. The van der Waals surface area contributed by atoms with Gasteiger partial charge in [0.05, 0.1) is 6.85 Å². The van der Waals surface area contributed by atoms with Crippen LogP contribution in [-0.2, 0) is 28.6 Å². The Bertz CT molecular complexity index is 1250. The molecule has 0 heterocycles. The van der Waals surface area contributed by atoms with Crippen LogP contribution in [0.15, 0.2) is 36.5 Å². The maximum Gasteiger partial charge on any atom is 0.306 e. The standard InChI is InChI=1S/C55H100O6/c1-4-7-10-13-16-19-22-25-27-30-33-36-39-42-45-48-54(57)60-51-52(50-59-53(56)47-44-41-38-35-32-29-24-21-18-15-12-9-6-3)61-55(58)49-46-43-40-37-34-31-28-26-23-20-17-14-11-8-5-2/h17,20,22,25-26,28,52H,4-16,18-19,21,23-24,27,29-51H2,1-3H3/b20-17+,25-22+,28-26+/i50D2,51D2,52D. The van der Waals surface area contributed by atoms with Gasteiger partial charge < -0.3 is 14.2 Å². The maximum absolute atomic E-state index is 13.1. The molecule has 61 heavy (non-hydrogen) atoms. The highest BCUT2D eigenvalue weighted by Gasteiger charge is 2.19. The Hall–Kier alpha value is -2.37. The Morgan fingerprint density at radius 2 is 0.639 bits per heavy atom. The van der Waals surface area contributed by atoms with Crippen molar-refractivity contribution in [1.82, 2.24) is 0 Å². The quantitative estimate of drug-likeness (QED) is 0.0262. The van der Waals surface area contributed by atoms with Gasteiger partial charge in [0.1, 0.15) is 13.1 Å². The molecule has 0 aliphatic carbocycles. The molecule has 0 aliphatic rings. The van der Waals surface area contributed by atoms with E-state index in [1.165, 1.54) is 103 Å². The third-order valence-electron chi connectivity index (χ3n) is 11.2. The van der Waals surface area contributed by atoms with Gasteiger partial charge in [-0.15, -0.1) is 0 Å². The van der Waals surface area contributed by atoms with E-state index >= 15 is 0 Å². The van der Waals surface area contributed by atoms with E-state index in [2.05, 4.69) is 57.2 Å². The minimum absolute atomic E-state index is 0.133. The lowest BCUT2D eigenvalue weighted by Crippen LogP contribution is -2.30. The van der Waals surface area contributed by atoms with E-state index < -0.39 is 37.1 Å². The number of rotatable bonds is 48. The normalized spacial score (nSPS) is 14.4. The molecule has 0 spiro atoms. The van der Waals surface area contributed by atoms with Crippen LogP contribution < -0.4 is 0 Å². The minimum atomic E-state index is -3.50. The Labute approximate surface area is 385 Å². The van der Waals surface area contributed by atoms with Crippen molar-refractivity contribution in [2.45, 2.75) is 284 Å². The van der Waals surface area contributed by atoms with E-state index in [-0.39, 0.29) is 19.3 Å². The van der Waals surface area contributed by atoms with Crippen molar-refractivity contribution in [2.24, 2.45) is 0 Å². The first-order valence-electron chi connectivity index (χ1n) is 28.5. The lowest BCUT2D eigenvalue weighted by Gasteiger charge is -2.18. The van der Waals surface area contributed by atoms with Crippen LogP contribution in [0, 0.1) is 0 Å². The Morgan fingerprint density at radius 3 is 1.00 bits per heavy atom. The fraction of sp³-hybridized carbons (Fsp3) is 0.836. The molecule has 6 nitrogen and oxygen atoms in total. The van der Waals surface area contributed by atoms with E-state index in [9.17, 15) is 14.4 Å². The topological polar surface area (TPSA) is 78.9 Å². The zero-order valence-electron chi connectivity index (χ0n) is 45.2. The molecule has 0 bridgehead atoms. The van der Waals surface area contributed by atoms with Gasteiger partial charge in [-0.25, -0.2) is 0 Å². The highest BCUT2D eigenvalue weighted by Crippen LogP contribution is 2.15. The molecule has 1 atom stereocenters. The second-order valence-corrected chi connectivity index (χ2v) is 17.3. The Balaban J connectivity index is 5.04. The van der Waals surface area contributed by atoms with Crippen molar-refractivity contribution in [3.05, 3.63) is 36.5 Å². The molecule has 0 radical (unpaired) electrons. The summed E-state index contributed by atoms with van der Waals surface area (Å²) in [6, 6.07) is 0. The van der Waals surface area contributed by atoms with Gasteiger partial charge in [0.15, 0.2) is 6.08 Å². The molecular weight excluding hydrogens is 757 g/mol. The molecule has 0 saturated carbocycles. The van der Waals surface area contributed by atoms with Gasteiger partial charge in [-0.05, 0) is 77.0 Å². The first-order valence-corrected chi connectivity index (χ1v) is 26.0. The molecule has 0 aromatic carbocycles. The predicted octanol–water partition coefficient (Wildman–Crippen LogP) is 17.3. The number of ether oxygens (including phenoxy) is 3.